The molecule has 0 saturated heterocycles. The number of unbranched alkanes of at least 4 members (excludes halogenated alkanes) is 1. The minimum atomic E-state index is -0.328. The minimum absolute atomic E-state index is 0.0800. The molecule has 0 aliphatic carbocycles. The second kappa shape index (κ2) is 9.92. The van der Waals surface area contributed by atoms with Crippen molar-refractivity contribution in [3.8, 4) is 0 Å². The Kier molecular flexibility index (Phi) is 6.60. The van der Waals surface area contributed by atoms with Gasteiger partial charge in [0.25, 0.3) is 5.56 Å². The van der Waals surface area contributed by atoms with E-state index >= 15 is 0 Å². The number of nitrogens with zero attached hydrogens (tertiary/aromatic N) is 2. The molecule has 32 heavy (non-hydrogen) atoms. The van der Waals surface area contributed by atoms with Crippen LogP contribution in [0.4, 0.5) is 5.69 Å². The second-order valence-corrected chi connectivity index (χ2v) is 7.70. The molecule has 6 heteroatoms. The lowest BCUT2D eigenvalue weighted by molar-refractivity contribution is -0.116. The number of carbonyl (C=O) groups is 1. The van der Waals surface area contributed by atoms with Gasteiger partial charge < -0.3 is 5.32 Å². The highest BCUT2D eigenvalue weighted by molar-refractivity contribution is 5.90. The summed E-state index contributed by atoms with van der Waals surface area (Å²) in [5.41, 5.74) is 1.76. The Balaban J connectivity index is 1.50. The number of aromatic nitrogens is 2. The summed E-state index contributed by atoms with van der Waals surface area (Å²) < 4.78 is 2.94. The minimum Gasteiger partial charge on any atom is -0.326 e. The third-order valence-electron chi connectivity index (χ3n) is 5.41. The molecule has 0 aliphatic heterocycles. The van der Waals surface area contributed by atoms with Crippen molar-refractivity contribution in [3.05, 3.63) is 111 Å². The van der Waals surface area contributed by atoms with Gasteiger partial charge in [0.2, 0.25) is 5.91 Å². The van der Waals surface area contributed by atoms with Crippen molar-refractivity contribution in [3.63, 3.8) is 0 Å². The van der Waals surface area contributed by atoms with Crippen molar-refractivity contribution < 1.29 is 4.79 Å². The average molecular weight is 428 g/mol. The lowest BCUT2D eigenvalue weighted by Gasteiger charge is -2.14. The summed E-state index contributed by atoms with van der Waals surface area (Å²) in [6.07, 6.45) is 1.46. The highest BCUT2D eigenvalue weighted by atomic mass is 16.2. The molecule has 1 N–H and O–H groups in total. The molecule has 0 atom stereocenters. The second-order valence-electron chi connectivity index (χ2n) is 7.70. The van der Waals surface area contributed by atoms with Crippen molar-refractivity contribution in [2.24, 2.45) is 0 Å². The van der Waals surface area contributed by atoms with Gasteiger partial charge in [0.1, 0.15) is 0 Å². The monoisotopic (exact) mass is 427 g/mol. The highest BCUT2D eigenvalue weighted by Gasteiger charge is 2.13. The third kappa shape index (κ3) is 4.86. The fourth-order valence-corrected chi connectivity index (χ4v) is 3.79. The van der Waals surface area contributed by atoms with Crippen LogP contribution in [0.15, 0.2) is 94.5 Å². The number of anilines is 1. The lowest BCUT2D eigenvalue weighted by atomic mass is 10.2. The largest absolute Gasteiger partial charge is 0.331 e. The molecular weight excluding hydrogens is 402 g/mol. The molecule has 0 spiro atoms. The summed E-state index contributed by atoms with van der Waals surface area (Å²) in [5.74, 6) is -0.0800. The molecule has 0 aliphatic rings. The first-order chi connectivity index (χ1) is 15.6. The van der Waals surface area contributed by atoms with Crippen LogP contribution < -0.4 is 16.6 Å². The maximum Gasteiger partial charge on any atom is 0.331 e. The van der Waals surface area contributed by atoms with Crippen LogP contribution in [0.1, 0.15) is 24.8 Å². The van der Waals surface area contributed by atoms with Crippen LogP contribution in [0.2, 0.25) is 0 Å². The topological polar surface area (TPSA) is 73.1 Å². The molecule has 0 radical (unpaired) electrons. The number of fused-ring (bicyclic) bond motifs is 1. The first kappa shape index (κ1) is 21.3. The standard InChI is InChI=1S/C26H25N3O3/c30-24(27-21-13-5-2-6-14-21)17-9-10-18-28-25(31)22-15-7-8-16-23(22)29(26(28)32)19-20-11-3-1-4-12-20/h1-8,11-16H,9-10,17-19H2,(H,27,30). The van der Waals surface area contributed by atoms with Crippen molar-refractivity contribution in [2.45, 2.75) is 32.4 Å². The van der Waals surface area contributed by atoms with Crippen LogP contribution in [0, 0.1) is 0 Å². The van der Waals surface area contributed by atoms with E-state index in [9.17, 15) is 14.4 Å². The van der Waals surface area contributed by atoms with Crippen LogP contribution in [-0.2, 0) is 17.9 Å². The van der Waals surface area contributed by atoms with Crippen molar-refractivity contribution in [1.29, 1.82) is 0 Å². The number of nitrogens with one attached hydrogen (secondary N) is 1. The molecule has 1 heterocycles. The molecule has 0 bridgehead atoms. The molecule has 6 nitrogen and oxygen atoms in total. The van der Waals surface area contributed by atoms with Gasteiger partial charge in [-0.25, -0.2) is 4.79 Å². The smallest absolute Gasteiger partial charge is 0.326 e. The van der Waals surface area contributed by atoms with Gasteiger partial charge in [-0.05, 0) is 42.7 Å². The van der Waals surface area contributed by atoms with Crippen LogP contribution in [0.5, 0.6) is 0 Å². The molecule has 0 saturated carbocycles. The fourth-order valence-electron chi connectivity index (χ4n) is 3.79. The maximum absolute atomic E-state index is 13.2. The van der Waals surface area contributed by atoms with Gasteiger partial charge in [0.15, 0.2) is 0 Å². The Morgan fingerprint density at radius 1 is 0.750 bits per heavy atom. The molecule has 162 valence electrons. The van der Waals surface area contributed by atoms with E-state index in [-0.39, 0.29) is 23.7 Å². The average Bonchev–Trinajstić information content (AvgIpc) is 2.82. The number of rotatable bonds is 8. The zero-order chi connectivity index (χ0) is 22.3. The molecule has 4 aromatic rings. The highest BCUT2D eigenvalue weighted by Crippen LogP contribution is 2.11. The first-order valence-corrected chi connectivity index (χ1v) is 10.7. The van der Waals surface area contributed by atoms with Crippen molar-refractivity contribution >= 4 is 22.5 Å². The van der Waals surface area contributed by atoms with Gasteiger partial charge >= 0.3 is 5.69 Å². The Hall–Kier alpha value is -3.93. The molecule has 3 aromatic carbocycles. The Morgan fingerprint density at radius 3 is 2.16 bits per heavy atom. The van der Waals surface area contributed by atoms with Crippen molar-refractivity contribution in [2.75, 3.05) is 5.32 Å². The Labute approximate surface area is 185 Å². The molecule has 1 aromatic heterocycles. The molecular formula is C26H25N3O3. The van der Waals surface area contributed by atoms with Gasteiger partial charge in [0, 0.05) is 18.7 Å². The van der Waals surface area contributed by atoms with Crippen LogP contribution in [0.25, 0.3) is 10.9 Å². The third-order valence-corrected chi connectivity index (χ3v) is 5.41. The fraction of sp³-hybridized carbons (Fsp3) is 0.192. The Morgan fingerprint density at radius 2 is 1.41 bits per heavy atom. The Bertz CT molecular complexity index is 1330. The van der Waals surface area contributed by atoms with E-state index in [1.807, 2.05) is 66.7 Å². The van der Waals surface area contributed by atoms with Crippen LogP contribution >= 0.6 is 0 Å². The van der Waals surface area contributed by atoms with Crippen molar-refractivity contribution in [1.82, 2.24) is 9.13 Å². The first-order valence-electron chi connectivity index (χ1n) is 10.7. The zero-order valence-corrected chi connectivity index (χ0v) is 17.7. The van der Waals surface area contributed by atoms with E-state index in [0.717, 1.165) is 11.3 Å². The van der Waals surface area contributed by atoms with Crippen LogP contribution in [-0.4, -0.2) is 15.0 Å². The summed E-state index contributed by atoms with van der Waals surface area (Å²) in [6, 6.07) is 26.2. The van der Waals surface area contributed by atoms with Gasteiger partial charge in [0.05, 0.1) is 17.4 Å². The van der Waals surface area contributed by atoms with Crippen LogP contribution in [0.3, 0.4) is 0 Å². The van der Waals surface area contributed by atoms with E-state index in [1.165, 1.54) is 4.57 Å². The van der Waals surface area contributed by atoms with Gasteiger partial charge in [-0.15, -0.1) is 0 Å². The van der Waals surface area contributed by atoms with E-state index in [2.05, 4.69) is 5.32 Å². The van der Waals surface area contributed by atoms with E-state index in [1.54, 1.807) is 22.8 Å². The SMILES string of the molecule is O=C(CCCCn1c(=O)c2ccccc2n(Cc2ccccc2)c1=O)Nc1ccccc1. The van der Waals surface area contributed by atoms with Gasteiger partial charge in [-0.2, -0.15) is 0 Å². The number of benzene rings is 3. The number of para-hydroxylation sites is 2. The number of hydrogen-bond donors (Lipinski definition) is 1. The summed E-state index contributed by atoms with van der Waals surface area (Å²) in [4.78, 5) is 38.4. The molecule has 0 fully saturated rings. The number of carbonyl (C=O) groups excluding carboxylic acids is 1. The summed E-state index contributed by atoms with van der Waals surface area (Å²) in [6.45, 7) is 0.663. The number of hydrogen-bond acceptors (Lipinski definition) is 3. The number of amides is 1. The van der Waals surface area contributed by atoms with Gasteiger partial charge in [-0.1, -0.05) is 60.7 Å². The lowest BCUT2D eigenvalue weighted by Crippen LogP contribution is -2.40. The molecule has 0 unspecified atom stereocenters. The predicted molar refractivity (Wildman–Crippen MR) is 127 cm³/mol. The summed E-state index contributed by atoms with van der Waals surface area (Å²) in [7, 11) is 0. The summed E-state index contributed by atoms with van der Waals surface area (Å²) >= 11 is 0. The molecule has 1 amide bonds. The van der Waals surface area contributed by atoms with E-state index in [4.69, 9.17) is 0 Å². The zero-order valence-electron chi connectivity index (χ0n) is 17.7. The maximum atomic E-state index is 13.2. The van der Waals surface area contributed by atoms with E-state index < -0.39 is 0 Å². The normalized spacial score (nSPS) is 10.9. The predicted octanol–water partition coefficient (Wildman–Crippen LogP) is 4.02. The summed E-state index contributed by atoms with van der Waals surface area (Å²) in [5, 5.41) is 3.37. The van der Waals surface area contributed by atoms with Gasteiger partial charge in [-0.3, -0.25) is 18.7 Å². The molecule has 4 rings (SSSR count). The van der Waals surface area contributed by atoms with E-state index in [0.29, 0.717) is 36.7 Å². The quantitative estimate of drug-likeness (QED) is 0.432.